The summed E-state index contributed by atoms with van der Waals surface area (Å²) < 4.78 is 0. The number of amides is 1. The lowest BCUT2D eigenvalue weighted by atomic mass is 10.1. The molecule has 33 heavy (non-hydrogen) atoms. The topological polar surface area (TPSA) is 74.2 Å². The second-order valence-corrected chi connectivity index (χ2v) is 9.32. The summed E-state index contributed by atoms with van der Waals surface area (Å²) in [5.74, 6) is 2.53. The van der Waals surface area contributed by atoms with E-state index < -0.39 is 0 Å². The SMILES string of the molecule is Cc1cccc(NC(=O)c2sc3nc(C)nc(N4CCN(c5ccccn5)CC4)c3c2C)c1. The zero-order valence-electron chi connectivity index (χ0n) is 19.0. The number of nitrogens with one attached hydrogen (secondary N) is 1. The molecular weight excluding hydrogens is 432 g/mol. The van der Waals surface area contributed by atoms with Crippen molar-refractivity contribution in [1.29, 1.82) is 0 Å². The highest BCUT2D eigenvalue weighted by atomic mass is 32.1. The molecule has 1 N–H and O–H groups in total. The highest BCUT2D eigenvalue weighted by molar-refractivity contribution is 7.20. The van der Waals surface area contributed by atoms with Gasteiger partial charge in [-0.3, -0.25) is 4.79 Å². The molecule has 0 radical (unpaired) electrons. The van der Waals surface area contributed by atoms with Crippen molar-refractivity contribution in [2.75, 3.05) is 41.3 Å². The van der Waals surface area contributed by atoms with Crippen LogP contribution >= 0.6 is 11.3 Å². The fourth-order valence-corrected chi connectivity index (χ4v) is 5.38. The van der Waals surface area contributed by atoms with Gasteiger partial charge in [0.2, 0.25) is 0 Å². The first-order valence-corrected chi connectivity index (χ1v) is 11.9. The predicted octanol–water partition coefficient (Wildman–Crippen LogP) is 4.59. The van der Waals surface area contributed by atoms with Crippen molar-refractivity contribution in [1.82, 2.24) is 15.0 Å². The molecule has 168 valence electrons. The monoisotopic (exact) mass is 458 g/mol. The zero-order chi connectivity index (χ0) is 22.9. The fraction of sp³-hybridized carbons (Fsp3) is 0.280. The zero-order valence-corrected chi connectivity index (χ0v) is 19.8. The van der Waals surface area contributed by atoms with Crippen LogP contribution in [0.2, 0.25) is 0 Å². The molecule has 4 aromatic rings. The summed E-state index contributed by atoms with van der Waals surface area (Å²) in [6, 6.07) is 13.8. The van der Waals surface area contributed by atoms with E-state index in [1.807, 2.05) is 69.4 Å². The fourth-order valence-electron chi connectivity index (χ4n) is 4.27. The first-order valence-electron chi connectivity index (χ1n) is 11.1. The normalized spacial score (nSPS) is 14.0. The molecule has 1 aliphatic rings. The molecule has 0 aliphatic carbocycles. The number of hydrogen-bond donors (Lipinski definition) is 1. The molecular formula is C25H26N6OS. The van der Waals surface area contributed by atoms with Gasteiger partial charge in [0.1, 0.15) is 22.3 Å². The number of carbonyl (C=O) groups excluding carboxylic acids is 1. The maximum absolute atomic E-state index is 13.1. The van der Waals surface area contributed by atoms with Crippen LogP contribution in [0.1, 0.15) is 26.6 Å². The van der Waals surface area contributed by atoms with E-state index in [-0.39, 0.29) is 5.91 Å². The van der Waals surface area contributed by atoms with Gasteiger partial charge in [-0.05, 0) is 56.2 Å². The molecule has 4 heterocycles. The van der Waals surface area contributed by atoms with E-state index in [2.05, 4.69) is 25.1 Å². The van der Waals surface area contributed by atoms with Gasteiger partial charge in [0.25, 0.3) is 5.91 Å². The van der Waals surface area contributed by atoms with Crippen LogP contribution in [-0.4, -0.2) is 47.0 Å². The van der Waals surface area contributed by atoms with Gasteiger partial charge < -0.3 is 15.1 Å². The van der Waals surface area contributed by atoms with Gasteiger partial charge in [0.15, 0.2) is 0 Å². The third-order valence-electron chi connectivity index (χ3n) is 5.92. The van der Waals surface area contributed by atoms with Crippen LogP contribution in [0.25, 0.3) is 10.2 Å². The molecule has 0 atom stereocenters. The van der Waals surface area contributed by atoms with Gasteiger partial charge >= 0.3 is 0 Å². The minimum Gasteiger partial charge on any atom is -0.353 e. The smallest absolute Gasteiger partial charge is 0.266 e. The Morgan fingerprint density at radius 2 is 1.76 bits per heavy atom. The number of rotatable bonds is 4. The Morgan fingerprint density at radius 3 is 2.48 bits per heavy atom. The first kappa shape index (κ1) is 21.3. The minimum absolute atomic E-state index is 0.107. The highest BCUT2D eigenvalue weighted by Crippen LogP contribution is 2.36. The molecule has 7 nitrogen and oxygen atoms in total. The van der Waals surface area contributed by atoms with Gasteiger partial charge in [-0.25, -0.2) is 15.0 Å². The molecule has 0 saturated carbocycles. The third kappa shape index (κ3) is 4.26. The van der Waals surface area contributed by atoms with Crippen LogP contribution in [0, 0.1) is 20.8 Å². The van der Waals surface area contributed by atoms with Crippen molar-refractivity contribution >= 4 is 44.8 Å². The summed E-state index contributed by atoms with van der Waals surface area (Å²) in [4.78, 5) is 33.2. The second-order valence-electron chi connectivity index (χ2n) is 8.32. The standard InChI is InChI=1S/C25H26N6OS/c1-16-7-6-8-19(15-16)29-24(32)22-17(2)21-23(27-18(3)28-25(21)33-22)31-13-11-30(12-14-31)20-9-4-5-10-26-20/h4-10,15H,11-14H2,1-3H3,(H,29,32). The van der Waals surface area contributed by atoms with Crippen molar-refractivity contribution in [3.05, 3.63) is 70.5 Å². The second kappa shape index (κ2) is 8.78. The molecule has 1 aliphatic heterocycles. The quantitative estimate of drug-likeness (QED) is 0.482. The van der Waals surface area contributed by atoms with E-state index >= 15 is 0 Å². The molecule has 1 fully saturated rings. The predicted molar refractivity (Wildman–Crippen MR) is 135 cm³/mol. The van der Waals surface area contributed by atoms with Crippen LogP contribution in [-0.2, 0) is 0 Å². The Hall–Kier alpha value is -3.52. The number of pyridine rings is 1. The van der Waals surface area contributed by atoms with E-state index in [0.717, 1.165) is 70.7 Å². The van der Waals surface area contributed by atoms with E-state index in [1.165, 1.54) is 11.3 Å². The maximum Gasteiger partial charge on any atom is 0.266 e. The lowest BCUT2D eigenvalue weighted by molar-refractivity contribution is 0.103. The Bertz CT molecular complexity index is 1310. The van der Waals surface area contributed by atoms with Gasteiger partial charge in [-0.2, -0.15) is 0 Å². The average molecular weight is 459 g/mol. The molecule has 3 aromatic heterocycles. The minimum atomic E-state index is -0.107. The summed E-state index contributed by atoms with van der Waals surface area (Å²) in [5, 5.41) is 4.01. The third-order valence-corrected chi connectivity index (χ3v) is 7.10. The molecule has 1 amide bonds. The molecule has 8 heteroatoms. The van der Waals surface area contributed by atoms with E-state index in [9.17, 15) is 4.79 Å². The Balaban J connectivity index is 1.43. The summed E-state index contributed by atoms with van der Waals surface area (Å²) in [7, 11) is 0. The first-order chi connectivity index (χ1) is 16.0. The largest absolute Gasteiger partial charge is 0.353 e. The number of nitrogens with zero attached hydrogens (tertiary/aromatic N) is 5. The van der Waals surface area contributed by atoms with Crippen LogP contribution in [0.4, 0.5) is 17.3 Å². The molecule has 5 rings (SSSR count). The average Bonchev–Trinajstić information content (AvgIpc) is 3.15. The summed E-state index contributed by atoms with van der Waals surface area (Å²) in [6.07, 6.45) is 1.83. The number of fused-ring (bicyclic) bond motifs is 1. The number of aromatic nitrogens is 3. The van der Waals surface area contributed by atoms with Gasteiger partial charge in [0.05, 0.1) is 10.3 Å². The Morgan fingerprint density at radius 1 is 0.970 bits per heavy atom. The van der Waals surface area contributed by atoms with E-state index in [0.29, 0.717) is 4.88 Å². The number of thiophene rings is 1. The van der Waals surface area contributed by atoms with Crippen molar-refractivity contribution < 1.29 is 4.79 Å². The molecule has 1 saturated heterocycles. The maximum atomic E-state index is 13.1. The van der Waals surface area contributed by atoms with Crippen LogP contribution in [0.5, 0.6) is 0 Å². The lowest BCUT2D eigenvalue weighted by Crippen LogP contribution is -2.47. The molecule has 0 unspecified atom stereocenters. The van der Waals surface area contributed by atoms with Crippen LogP contribution in [0.15, 0.2) is 48.7 Å². The van der Waals surface area contributed by atoms with Crippen LogP contribution < -0.4 is 15.1 Å². The number of benzene rings is 1. The van der Waals surface area contributed by atoms with Gasteiger partial charge in [-0.1, -0.05) is 18.2 Å². The van der Waals surface area contributed by atoms with Crippen molar-refractivity contribution in [2.24, 2.45) is 0 Å². The van der Waals surface area contributed by atoms with Crippen molar-refractivity contribution in [3.63, 3.8) is 0 Å². The number of carbonyl (C=O) groups is 1. The van der Waals surface area contributed by atoms with Crippen LogP contribution in [0.3, 0.4) is 0 Å². The number of anilines is 3. The van der Waals surface area contributed by atoms with Crippen molar-refractivity contribution in [3.8, 4) is 0 Å². The number of hydrogen-bond acceptors (Lipinski definition) is 7. The molecule has 0 bridgehead atoms. The lowest BCUT2D eigenvalue weighted by Gasteiger charge is -2.36. The number of piperazine rings is 1. The van der Waals surface area contributed by atoms with Gasteiger partial charge in [-0.15, -0.1) is 11.3 Å². The van der Waals surface area contributed by atoms with Crippen molar-refractivity contribution in [2.45, 2.75) is 20.8 Å². The van der Waals surface area contributed by atoms with E-state index in [4.69, 9.17) is 4.98 Å². The Labute approximate surface area is 197 Å². The summed E-state index contributed by atoms with van der Waals surface area (Å²) >= 11 is 1.43. The highest BCUT2D eigenvalue weighted by Gasteiger charge is 2.25. The molecule has 0 spiro atoms. The van der Waals surface area contributed by atoms with E-state index in [1.54, 1.807) is 0 Å². The van der Waals surface area contributed by atoms with Gasteiger partial charge in [0, 0.05) is 38.1 Å². The number of aryl methyl sites for hydroxylation is 3. The Kier molecular flexibility index (Phi) is 5.68. The summed E-state index contributed by atoms with van der Waals surface area (Å²) in [5.41, 5.74) is 2.83. The molecule has 1 aromatic carbocycles. The summed E-state index contributed by atoms with van der Waals surface area (Å²) in [6.45, 7) is 9.32.